The molecule has 0 radical (unpaired) electrons. The van der Waals surface area contributed by atoms with Gasteiger partial charge in [-0.3, -0.25) is 4.90 Å². The van der Waals surface area contributed by atoms with Gasteiger partial charge in [-0.2, -0.15) is 0 Å². The van der Waals surface area contributed by atoms with E-state index in [0.717, 1.165) is 23.9 Å². The Morgan fingerprint density at radius 1 is 1.00 bits per heavy atom. The molecule has 3 atom stereocenters. The van der Waals surface area contributed by atoms with Gasteiger partial charge in [-0.05, 0) is 57.9 Å². The number of hydrogen-bond acceptors (Lipinski definition) is 2. The summed E-state index contributed by atoms with van der Waals surface area (Å²) in [5.74, 6) is 1.84. The van der Waals surface area contributed by atoms with Crippen molar-refractivity contribution in [3.63, 3.8) is 0 Å². The smallest absolute Gasteiger partial charge is 0.0192 e. The maximum absolute atomic E-state index is 3.84. The van der Waals surface area contributed by atoms with Crippen molar-refractivity contribution in [1.82, 2.24) is 10.2 Å². The Labute approximate surface area is 120 Å². The van der Waals surface area contributed by atoms with Gasteiger partial charge in [0.05, 0.1) is 0 Å². The van der Waals surface area contributed by atoms with Gasteiger partial charge in [0.15, 0.2) is 0 Å². The molecule has 0 aliphatic heterocycles. The van der Waals surface area contributed by atoms with E-state index in [4.69, 9.17) is 0 Å². The largest absolute Gasteiger partial charge is 0.312 e. The Kier molecular flexibility index (Phi) is 5.70. The van der Waals surface area contributed by atoms with Gasteiger partial charge < -0.3 is 5.32 Å². The first-order valence-corrected chi connectivity index (χ1v) is 8.53. The quantitative estimate of drug-likeness (QED) is 0.738. The van der Waals surface area contributed by atoms with Crippen molar-refractivity contribution in [2.24, 2.45) is 11.8 Å². The number of rotatable bonds is 6. The molecule has 19 heavy (non-hydrogen) atoms. The van der Waals surface area contributed by atoms with Gasteiger partial charge in [0.2, 0.25) is 0 Å². The first-order chi connectivity index (χ1) is 9.08. The van der Waals surface area contributed by atoms with Crippen molar-refractivity contribution in [3.8, 4) is 0 Å². The molecule has 2 nitrogen and oxygen atoms in total. The van der Waals surface area contributed by atoms with Crippen LogP contribution >= 0.6 is 0 Å². The summed E-state index contributed by atoms with van der Waals surface area (Å²) in [6.07, 6.45) is 9.93. The highest BCUT2D eigenvalue weighted by molar-refractivity contribution is 4.86. The molecule has 2 aliphatic carbocycles. The molecule has 0 saturated heterocycles. The van der Waals surface area contributed by atoms with Gasteiger partial charge in [-0.25, -0.2) is 0 Å². The minimum atomic E-state index is 0.691. The van der Waals surface area contributed by atoms with E-state index >= 15 is 0 Å². The number of nitrogens with zero attached hydrogens (tertiary/aromatic N) is 1. The molecule has 0 aromatic carbocycles. The second-order valence-electron chi connectivity index (χ2n) is 7.36. The van der Waals surface area contributed by atoms with Gasteiger partial charge in [-0.15, -0.1) is 0 Å². The van der Waals surface area contributed by atoms with Gasteiger partial charge in [0, 0.05) is 24.7 Å². The Morgan fingerprint density at radius 2 is 1.74 bits per heavy atom. The summed E-state index contributed by atoms with van der Waals surface area (Å²) < 4.78 is 0. The summed E-state index contributed by atoms with van der Waals surface area (Å²) in [5.41, 5.74) is 0. The van der Waals surface area contributed by atoms with Gasteiger partial charge in [0.1, 0.15) is 0 Å². The van der Waals surface area contributed by atoms with Gasteiger partial charge in [-0.1, -0.05) is 26.7 Å². The number of likely N-dealkylation sites (N-methyl/N-ethyl adjacent to an activating group) is 1. The van der Waals surface area contributed by atoms with Crippen LogP contribution in [-0.4, -0.2) is 36.6 Å². The first kappa shape index (κ1) is 15.3. The molecule has 2 fully saturated rings. The van der Waals surface area contributed by atoms with Crippen LogP contribution < -0.4 is 5.32 Å². The monoisotopic (exact) mass is 266 g/mol. The maximum Gasteiger partial charge on any atom is 0.0192 e. The summed E-state index contributed by atoms with van der Waals surface area (Å²) in [5, 5.41) is 3.84. The molecule has 0 bridgehead atoms. The lowest BCUT2D eigenvalue weighted by atomic mass is 9.89. The van der Waals surface area contributed by atoms with Crippen LogP contribution in [0.1, 0.15) is 65.7 Å². The Bertz CT molecular complexity index is 260. The van der Waals surface area contributed by atoms with Crippen LogP contribution in [0.5, 0.6) is 0 Å². The van der Waals surface area contributed by atoms with Crippen LogP contribution in [0.4, 0.5) is 0 Å². The predicted octanol–water partition coefficient (Wildman–Crippen LogP) is 3.66. The fourth-order valence-corrected chi connectivity index (χ4v) is 3.52. The predicted molar refractivity (Wildman–Crippen MR) is 83.5 cm³/mol. The van der Waals surface area contributed by atoms with E-state index in [1.807, 2.05) is 0 Å². The van der Waals surface area contributed by atoms with Crippen LogP contribution in [0.2, 0.25) is 0 Å². The minimum absolute atomic E-state index is 0.691. The van der Waals surface area contributed by atoms with Gasteiger partial charge in [0.25, 0.3) is 0 Å². The van der Waals surface area contributed by atoms with E-state index in [1.54, 1.807) is 0 Å². The van der Waals surface area contributed by atoms with E-state index in [-0.39, 0.29) is 0 Å². The molecule has 0 aromatic rings. The Morgan fingerprint density at radius 3 is 2.37 bits per heavy atom. The SMILES string of the molecule is CC(C)C1CCCC(NCC(C)N(C)C2CC2)CC1. The van der Waals surface area contributed by atoms with Crippen molar-refractivity contribution in [2.45, 2.75) is 83.8 Å². The zero-order valence-corrected chi connectivity index (χ0v) is 13.5. The zero-order chi connectivity index (χ0) is 13.8. The summed E-state index contributed by atoms with van der Waals surface area (Å²) >= 11 is 0. The molecule has 112 valence electrons. The lowest BCUT2D eigenvalue weighted by molar-refractivity contribution is 0.232. The van der Waals surface area contributed by atoms with E-state index < -0.39 is 0 Å². The highest BCUT2D eigenvalue weighted by atomic mass is 15.2. The van der Waals surface area contributed by atoms with E-state index in [0.29, 0.717) is 6.04 Å². The Hall–Kier alpha value is -0.0800. The van der Waals surface area contributed by atoms with Crippen LogP contribution in [0, 0.1) is 11.8 Å². The highest BCUT2D eigenvalue weighted by Crippen LogP contribution is 2.29. The number of nitrogens with one attached hydrogen (secondary N) is 1. The lowest BCUT2D eigenvalue weighted by Crippen LogP contribution is -2.42. The molecule has 2 saturated carbocycles. The Balaban J connectivity index is 1.68. The lowest BCUT2D eigenvalue weighted by Gasteiger charge is -2.27. The molecule has 0 amide bonds. The summed E-state index contributed by atoms with van der Waals surface area (Å²) in [6.45, 7) is 8.33. The molecule has 1 N–H and O–H groups in total. The third kappa shape index (κ3) is 4.75. The van der Waals surface area contributed by atoms with Crippen LogP contribution in [0.3, 0.4) is 0 Å². The molecule has 2 aliphatic rings. The third-order valence-electron chi connectivity index (χ3n) is 5.48. The molecular weight excluding hydrogens is 232 g/mol. The zero-order valence-electron chi connectivity index (χ0n) is 13.5. The molecule has 2 heteroatoms. The van der Waals surface area contributed by atoms with Crippen LogP contribution in [-0.2, 0) is 0 Å². The fraction of sp³-hybridized carbons (Fsp3) is 1.00. The van der Waals surface area contributed by atoms with E-state index in [1.165, 1.54) is 51.5 Å². The van der Waals surface area contributed by atoms with Crippen LogP contribution in [0.15, 0.2) is 0 Å². The van der Waals surface area contributed by atoms with E-state index in [2.05, 4.69) is 38.0 Å². The van der Waals surface area contributed by atoms with Crippen LogP contribution in [0.25, 0.3) is 0 Å². The molecule has 2 rings (SSSR count). The topological polar surface area (TPSA) is 15.3 Å². The second kappa shape index (κ2) is 7.08. The number of hydrogen-bond donors (Lipinski definition) is 1. The van der Waals surface area contributed by atoms with Crippen molar-refractivity contribution < 1.29 is 0 Å². The maximum atomic E-state index is 3.84. The standard InChI is InChI=1S/C17H34N2/c1-13(2)15-6-5-7-16(9-8-15)18-12-14(3)19(4)17-10-11-17/h13-18H,5-12H2,1-4H3. The third-order valence-corrected chi connectivity index (χ3v) is 5.48. The van der Waals surface area contributed by atoms with Crippen molar-refractivity contribution in [3.05, 3.63) is 0 Å². The molecular formula is C17H34N2. The van der Waals surface area contributed by atoms with Crippen molar-refractivity contribution in [1.29, 1.82) is 0 Å². The second-order valence-corrected chi connectivity index (χ2v) is 7.36. The molecule has 3 unspecified atom stereocenters. The van der Waals surface area contributed by atoms with E-state index in [9.17, 15) is 0 Å². The van der Waals surface area contributed by atoms with Crippen molar-refractivity contribution >= 4 is 0 Å². The average molecular weight is 266 g/mol. The molecule has 0 aromatic heterocycles. The summed E-state index contributed by atoms with van der Waals surface area (Å²) in [4.78, 5) is 2.57. The summed E-state index contributed by atoms with van der Waals surface area (Å²) in [6, 6.07) is 2.35. The molecule has 0 heterocycles. The average Bonchev–Trinajstić information content (AvgIpc) is 3.20. The highest BCUT2D eigenvalue weighted by Gasteiger charge is 2.29. The summed E-state index contributed by atoms with van der Waals surface area (Å²) in [7, 11) is 2.30. The normalized spacial score (nSPS) is 30.6. The van der Waals surface area contributed by atoms with Crippen molar-refractivity contribution in [2.75, 3.05) is 13.6 Å². The first-order valence-electron chi connectivity index (χ1n) is 8.53. The molecule has 0 spiro atoms. The minimum Gasteiger partial charge on any atom is -0.312 e. The fourth-order valence-electron chi connectivity index (χ4n) is 3.52. The van der Waals surface area contributed by atoms with Gasteiger partial charge >= 0.3 is 0 Å².